The van der Waals surface area contributed by atoms with Gasteiger partial charge < -0.3 is 10.4 Å². The van der Waals surface area contributed by atoms with Crippen molar-refractivity contribution in [2.45, 2.75) is 12.5 Å². The van der Waals surface area contributed by atoms with Crippen molar-refractivity contribution in [3.05, 3.63) is 30.1 Å². The molecule has 0 radical (unpaired) electrons. The number of amides is 2. The number of nitrogens with zero attached hydrogens (tertiary/aromatic N) is 1. The van der Waals surface area contributed by atoms with Gasteiger partial charge in [-0.3, -0.25) is 4.90 Å². The summed E-state index contributed by atoms with van der Waals surface area (Å²) >= 11 is 0. The van der Waals surface area contributed by atoms with Gasteiger partial charge in [0, 0.05) is 19.2 Å². The van der Waals surface area contributed by atoms with Crippen LogP contribution in [0.4, 0.5) is 14.9 Å². The number of benzene rings is 1. The summed E-state index contributed by atoms with van der Waals surface area (Å²) in [5, 5.41) is 11.1. The first kappa shape index (κ1) is 14.5. The number of urea groups is 1. The minimum atomic E-state index is -1.21. The van der Waals surface area contributed by atoms with Gasteiger partial charge in [-0.05, 0) is 24.3 Å². The summed E-state index contributed by atoms with van der Waals surface area (Å²) in [6.07, 6.45) is 4.91. The smallest absolute Gasteiger partial charge is 0.327 e. The molecular formula is C13H13FN2O3. The highest BCUT2D eigenvalue weighted by Crippen LogP contribution is 2.13. The Morgan fingerprint density at radius 2 is 2.05 bits per heavy atom. The topological polar surface area (TPSA) is 69.6 Å². The summed E-state index contributed by atoms with van der Waals surface area (Å²) in [5.74, 6) is 0.545. The van der Waals surface area contributed by atoms with E-state index in [0.29, 0.717) is 5.69 Å². The first-order valence-corrected chi connectivity index (χ1v) is 5.41. The SMILES string of the molecule is C#CCC(NC(=O)N(C)c1ccc(F)cc1)C(=O)O. The molecule has 0 aliphatic carbocycles. The highest BCUT2D eigenvalue weighted by molar-refractivity contribution is 5.94. The Hall–Kier alpha value is -2.55. The average molecular weight is 264 g/mol. The highest BCUT2D eigenvalue weighted by Gasteiger charge is 2.21. The zero-order valence-corrected chi connectivity index (χ0v) is 10.3. The zero-order chi connectivity index (χ0) is 14.4. The molecule has 5 nitrogen and oxygen atoms in total. The summed E-state index contributed by atoms with van der Waals surface area (Å²) < 4.78 is 12.7. The molecule has 0 spiro atoms. The van der Waals surface area contributed by atoms with Gasteiger partial charge in [0.2, 0.25) is 0 Å². The second-order valence-corrected chi connectivity index (χ2v) is 3.78. The molecule has 19 heavy (non-hydrogen) atoms. The van der Waals surface area contributed by atoms with Crippen LogP contribution in [0.3, 0.4) is 0 Å². The first-order valence-electron chi connectivity index (χ1n) is 5.41. The summed E-state index contributed by atoms with van der Waals surface area (Å²) in [6, 6.07) is 3.44. The third kappa shape index (κ3) is 4.00. The van der Waals surface area contributed by atoms with Gasteiger partial charge in [0.1, 0.15) is 11.9 Å². The van der Waals surface area contributed by atoms with E-state index < -0.39 is 23.9 Å². The molecule has 0 saturated heterocycles. The quantitative estimate of drug-likeness (QED) is 0.809. The second-order valence-electron chi connectivity index (χ2n) is 3.78. The van der Waals surface area contributed by atoms with Crippen molar-refractivity contribution in [2.75, 3.05) is 11.9 Å². The lowest BCUT2D eigenvalue weighted by molar-refractivity contribution is -0.139. The number of carboxylic acids is 1. The molecule has 0 bridgehead atoms. The van der Waals surface area contributed by atoms with Gasteiger partial charge >= 0.3 is 12.0 Å². The molecule has 100 valence electrons. The molecule has 1 atom stereocenters. The Morgan fingerprint density at radius 1 is 1.47 bits per heavy atom. The van der Waals surface area contributed by atoms with E-state index in [0.717, 1.165) is 0 Å². The molecule has 1 unspecified atom stereocenters. The van der Waals surface area contributed by atoms with Crippen LogP contribution in [0.25, 0.3) is 0 Å². The zero-order valence-electron chi connectivity index (χ0n) is 10.3. The normalized spacial score (nSPS) is 11.2. The maximum atomic E-state index is 12.7. The van der Waals surface area contributed by atoms with Crippen LogP contribution < -0.4 is 10.2 Å². The molecule has 1 aromatic carbocycles. The van der Waals surface area contributed by atoms with Crippen LogP contribution in [0.1, 0.15) is 6.42 Å². The number of rotatable bonds is 4. The molecule has 0 fully saturated rings. The van der Waals surface area contributed by atoms with Gasteiger partial charge in [-0.2, -0.15) is 0 Å². The van der Waals surface area contributed by atoms with Crippen LogP contribution in [0, 0.1) is 18.2 Å². The molecule has 2 N–H and O–H groups in total. The fourth-order valence-electron chi connectivity index (χ4n) is 1.35. The Bertz CT molecular complexity index is 508. The number of terminal acetylenes is 1. The van der Waals surface area contributed by atoms with E-state index in [9.17, 15) is 14.0 Å². The van der Waals surface area contributed by atoms with Crippen molar-refractivity contribution in [1.29, 1.82) is 0 Å². The molecule has 0 saturated carbocycles. The number of hydrogen-bond acceptors (Lipinski definition) is 2. The number of carbonyl (C=O) groups is 2. The number of anilines is 1. The molecule has 0 aromatic heterocycles. The lowest BCUT2D eigenvalue weighted by Crippen LogP contribution is -2.46. The predicted octanol–water partition coefficient (Wildman–Crippen LogP) is 1.45. The molecule has 0 aliphatic heterocycles. The predicted molar refractivity (Wildman–Crippen MR) is 68.2 cm³/mol. The van der Waals surface area contributed by atoms with E-state index >= 15 is 0 Å². The first-order chi connectivity index (χ1) is 8.95. The monoisotopic (exact) mass is 264 g/mol. The second kappa shape index (κ2) is 6.40. The molecule has 1 rings (SSSR count). The van der Waals surface area contributed by atoms with Crippen LogP contribution >= 0.6 is 0 Å². The van der Waals surface area contributed by atoms with Crippen molar-refractivity contribution in [1.82, 2.24) is 5.32 Å². The van der Waals surface area contributed by atoms with Crippen molar-refractivity contribution in [3.8, 4) is 12.3 Å². The fourth-order valence-corrected chi connectivity index (χ4v) is 1.35. The Kier molecular flexibility index (Phi) is 4.89. The molecule has 0 heterocycles. The Morgan fingerprint density at radius 3 is 2.53 bits per heavy atom. The van der Waals surface area contributed by atoms with E-state index in [1.165, 1.54) is 36.2 Å². The van der Waals surface area contributed by atoms with Crippen LogP contribution in [-0.4, -0.2) is 30.2 Å². The lowest BCUT2D eigenvalue weighted by Gasteiger charge is -2.20. The van der Waals surface area contributed by atoms with Crippen LogP contribution in [0.15, 0.2) is 24.3 Å². The fraction of sp³-hybridized carbons (Fsp3) is 0.231. The minimum Gasteiger partial charge on any atom is -0.480 e. The molecule has 2 amide bonds. The minimum absolute atomic E-state index is 0.113. The number of nitrogens with one attached hydrogen (secondary N) is 1. The van der Waals surface area contributed by atoms with Crippen LogP contribution in [0.2, 0.25) is 0 Å². The standard InChI is InChI=1S/C13H13FN2O3/c1-3-4-11(12(17)18)15-13(19)16(2)10-7-5-9(14)6-8-10/h1,5-8,11H,4H2,2H3,(H,15,19)(H,17,18). The van der Waals surface area contributed by atoms with Crippen LogP contribution in [0.5, 0.6) is 0 Å². The van der Waals surface area contributed by atoms with Gasteiger partial charge in [0.25, 0.3) is 0 Å². The van der Waals surface area contributed by atoms with Gasteiger partial charge in [0.05, 0.1) is 0 Å². The summed E-state index contributed by atoms with van der Waals surface area (Å²) in [6.45, 7) is 0. The van der Waals surface area contributed by atoms with Gasteiger partial charge in [-0.1, -0.05) is 0 Å². The van der Waals surface area contributed by atoms with Gasteiger partial charge in [-0.25, -0.2) is 14.0 Å². The van der Waals surface area contributed by atoms with Gasteiger partial charge in [-0.15, -0.1) is 12.3 Å². The molecular weight excluding hydrogens is 251 g/mol. The Labute approximate surface area is 110 Å². The molecule has 6 heteroatoms. The Balaban J connectivity index is 2.74. The highest BCUT2D eigenvalue weighted by atomic mass is 19.1. The number of aliphatic carboxylic acids is 1. The largest absolute Gasteiger partial charge is 0.480 e. The van der Waals surface area contributed by atoms with E-state index in [2.05, 4.69) is 11.2 Å². The van der Waals surface area contributed by atoms with Crippen molar-refractivity contribution in [3.63, 3.8) is 0 Å². The van der Waals surface area contributed by atoms with E-state index in [4.69, 9.17) is 11.5 Å². The van der Waals surface area contributed by atoms with E-state index in [-0.39, 0.29) is 6.42 Å². The van der Waals surface area contributed by atoms with Crippen molar-refractivity contribution in [2.24, 2.45) is 0 Å². The van der Waals surface area contributed by atoms with Gasteiger partial charge in [0.15, 0.2) is 0 Å². The number of carboxylic acid groups (broad SMARTS) is 1. The van der Waals surface area contributed by atoms with E-state index in [1.807, 2.05) is 0 Å². The third-order valence-corrected chi connectivity index (χ3v) is 2.44. The number of hydrogen-bond donors (Lipinski definition) is 2. The molecule has 1 aromatic rings. The van der Waals surface area contributed by atoms with Crippen molar-refractivity contribution >= 4 is 17.7 Å². The summed E-state index contributed by atoms with van der Waals surface area (Å²) in [4.78, 5) is 23.8. The average Bonchev–Trinajstić information content (AvgIpc) is 2.38. The van der Waals surface area contributed by atoms with E-state index in [1.54, 1.807) is 0 Å². The maximum Gasteiger partial charge on any atom is 0.327 e. The lowest BCUT2D eigenvalue weighted by atomic mass is 10.2. The number of halogens is 1. The molecule has 0 aliphatic rings. The third-order valence-electron chi connectivity index (χ3n) is 2.44. The van der Waals surface area contributed by atoms with Crippen LogP contribution in [-0.2, 0) is 4.79 Å². The summed E-state index contributed by atoms with van der Waals surface area (Å²) in [7, 11) is 1.44. The maximum absolute atomic E-state index is 12.7. The number of carbonyl (C=O) groups excluding carboxylic acids is 1. The summed E-state index contributed by atoms with van der Waals surface area (Å²) in [5.41, 5.74) is 0.434. The van der Waals surface area contributed by atoms with Crippen molar-refractivity contribution < 1.29 is 19.1 Å².